The zero-order valence-electron chi connectivity index (χ0n) is 11.1. The quantitative estimate of drug-likeness (QED) is 0.726. The lowest BCUT2D eigenvalue weighted by molar-refractivity contribution is 0.575. The molecule has 0 aromatic heterocycles. The number of hydrogen-bond donors (Lipinski definition) is 2. The van der Waals surface area contributed by atoms with E-state index < -0.39 is 20.0 Å². The number of rotatable bonds is 7. The molecular formula is C12H15N3O4S2. The Morgan fingerprint density at radius 3 is 2.48 bits per heavy atom. The first-order valence-corrected chi connectivity index (χ1v) is 9.46. The minimum atomic E-state index is -3.90. The number of hydrogen-bond acceptors (Lipinski definition) is 5. The van der Waals surface area contributed by atoms with Gasteiger partial charge in [-0.25, -0.2) is 26.3 Å². The van der Waals surface area contributed by atoms with Crippen LogP contribution in [0.5, 0.6) is 0 Å². The molecule has 7 nitrogen and oxygen atoms in total. The highest BCUT2D eigenvalue weighted by atomic mass is 32.2. The lowest BCUT2D eigenvalue weighted by Crippen LogP contribution is -2.35. The molecule has 1 aliphatic carbocycles. The summed E-state index contributed by atoms with van der Waals surface area (Å²) in [7, 11) is -7.38. The summed E-state index contributed by atoms with van der Waals surface area (Å²) in [4.78, 5) is -0.153. The molecule has 0 bridgehead atoms. The van der Waals surface area contributed by atoms with Crippen LogP contribution in [0.1, 0.15) is 18.4 Å². The van der Waals surface area contributed by atoms with E-state index in [9.17, 15) is 16.8 Å². The molecule has 0 heterocycles. The Kier molecular flexibility index (Phi) is 4.63. The summed E-state index contributed by atoms with van der Waals surface area (Å²) in [6, 6.07) is 7.53. The number of nitriles is 1. The fourth-order valence-corrected chi connectivity index (χ4v) is 4.24. The van der Waals surface area contributed by atoms with E-state index in [0.29, 0.717) is 0 Å². The van der Waals surface area contributed by atoms with Gasteiger partial charge in [0.05, 0.1) is 16.2 Å². The molecule has 1 aromatic carbocycles. The minimum absolute atomic E-state index is 0.00841. The van der Waals surface area contributed by atoms with Crippen molar-refractivity contribution in [1.29, 1.82) is 5.26 Å². The second-order valence-electron chi connectivity index (χ2n) is 4.72. The molecule has 2 N–H and O–H groups in total. The topological polar surface area (TPSA) is 116 Å². The van der Waals surface area contributed by atoms with E-state index >= 15 is 0 Å². The van der Waals surface area contributed by atoms with Gasteiger partial charge in [0.25, 0.3) is 0 Å². The zero-order valence-corrected chi connectivity index (χ0v) is 12.7. The third-order valence-corrected chi connectivity index (χ3v) is 5.84. The maximum absolute atomic E-state index is 12.1. The zero-order chi connectivity index (χ0) is 15.5. The number of nitrogens with zero attached hydrogens (tertiary/aromatic N) is 1. The Labute approximate surface area is 124 Å². The van der Waals surface area contributed by atoms with Gasteiger partial charge in [0.15, 0.2) is 0 Å². The Balaban J connectivity index is 2.00. The van der Waals surface area contributed by atoms with Crippen LogP contribution in [0.3, 0.4) is 0 Å². The van der Waals surface area contributed by atoms with Gasteiger partial charge in [-0.1, -0.05) is 12.1 Å². The molecule has 1 aliphatic rings. The Bertz CT molecular complexity index is 762. The number of nitrogens with one attached hydrogen (secondary N) is 2. The summed E-state index contributed by atoms with van der Waals surface area (Å²) >= 11 is 0. The van der Waals surface area contributed by atoms with Gasteiger partial charge in [-0.2, -0.15) is 5.26 Å². The van der Waals surface area contributed by atoms with E-state index in [-0.39, 0.29) is 28.8 Å². The summed E-state index contributed by atoms with van der Waals surface area (Å²) < 4.78 is 52.0. The van der Waals surface area contributed by atoms with Crippen LogP contribution in [0.4, 0.5) is 0 Å². The molecule has 0 atom stereocenters. The Morgan fingerprint density at radius 1 is 1.19 bits per heavy atom. The fraction of sp³-hybridized carbons (Fsp3) is 0.417. The second-order valence-corrected chi connectivity index (χ2v) is 8.33. The minimum Gasteiger partial charge on any atom is -0.212 e. The summed E-state index contributed by atoms with van der Waals surface area (Å²) in [6.45, 7) is -0.246. The fourth-order valence-electron chi connectivity index (χ4n) is 1.70. The van der Waals surface area contributed by atoms with Crippen molar-refractivity contribution < 1.29 is 16.8 Å². The monoisotopic (exact) mass is 329 g/mol. The van der Waals surface area contributed by atoms with Crippen molar-refractivity contribution in [3.63, 3.8) is 0 Å². The highest BCUT2D eigenvalue weighted by molar-refractivity contribution is 7.90. The molecule has 21 heavy (non-hydrogen) atoms. The molecule has 1 fully saturated rings. The van der Waals surface area contributed by atoms with Gasteiger partial charge in [-0.3, -0.25) is 0 Å². The lowest BCUT2D eigenvalue weighted by atomic mass is 10.2. The summed E-state index contributed by atoms with van der Waals surface area (Å²) in [6.07, 6.45) is 1.64. The van der Waals surface area contributed by atoms with Crippen LogP contribution in [0.2, 0.25) is 0 Å². The van der Waals surface area contributed by atoms with Gasteiger partial charge in [0.1, 0.15) is 6.07 Å². The largest absolute Gasteiger partial charge is 0.241 e. The van der Waals surface area contributed by atoms with E-state index in [0.717, 1.165) is 12.8 Å². The van der Waals surface area contributed by atoms with Crippen LogP contribution in [0.25, 0.3) is 0 Å². The van der Waals surface area contributed by atoms with E-state index in [2.05, 4.69) is 9.44 Å². The van der Waals surface area contributed by atoms with Crippen LogP contribution in [0.15, 0.2) is 29.2 Å². The molecule has 1 aromatic rings. The SMILES string of the molecule is N#Cc1ccccc1S(=O)(=O)NCCS(=O)(=O)NC1CC1. The maximum Gasteiger partial charge on any atom is 0.241 e. The molecular weight excluding hydrogens is 314 g/mol. The first-order valence-electron chi connectivity index (χ1n) is 6.33. The van der Waals surface area contributed by atoms with E-state index in [1.807, 2.05) is 0 Å². The average molecular weight is 329 g/mol. The van der Waals surface area contributed by atoms with Crippen molar-refractivity contribution in [2.75, 3.05) is 12.3 Å². The number of benzene rings is 1. The van der Waals surface area contributed by atoms with Crippen LogP contribution in [-0.2, 0) is 20.0 Å². The first-order chi connectivity index (χ1) is 9.84. The summed E-state index contributed by atoms with van der Waals surface area (Å²) in [5.41, 5.74) is 0.0176. The highest BCUT2D eigenvalue weighted by Crippen LogP contribution is 2.19. The maximum atomic E-state index is 12.1. The summed E-state index contributed by atoms with van der Waals surface area (Å²) in [5.74, 6) is -0.336. The van der Waals surface area contributed by atoms with Crippen molar-refractivity contribution in [3.05, 3.63) is 29.8 Å². The normalized spacial score (nSPS) is 15.6. The van der Waals surface area contributed by atoms with Crippen molar-refractivity contribution in [3.8, 4) is 6.07 Å². The van der Waals surface area contributed by atoms with Crippen molar-refractivity contribution in [1.82, 2.24) is 9.44 Å². The van der Waals surface area contributed by atoms with Gasteiger partial charge in [-0.05, 0) is 25.0 Å². The third-order valence-electron chi connectivity index (χ3n) is 2.88. The molecule has 9 heteroatoms. The average Bonchev–Trinajstić information content (AvgIpc) is 3.21. The van der Waals surface area contributed by atoms with Crippen molar-refractivity contribution in [2.45, 2.75) is 23.8 Å². The van der Waals surface area contributed by atoms with Gasteiger partial charge in [0, 0.05) is 12.6 Å². The molecule has 0 unspecified atom stereocenters. The van der Waals surface area contributed by atoms with E-state index in [1.165, 1.54) is 18.2 Å². The molecule has 0 saturated heterocycles. The van der Waals surface area contributed by atoms with Crippen molar-refractivity contribution in [2.24, 2.45) is 0 Å². The highest BCUT2D eigenvalue weighted by Gasteiger charge is 2.27. The molecule has 2 rings (SSSR count). The molecule has 0 radical (unpaired) electrons. The van der Waals surface area contributed by atoms with Crippen molar-refractivity contribution >= 4 is 20.0 Å². The molecule has 0 aliphatic heterocycles. The second kappa shape index (κ2) is 6.11. The third kappa shape index (κ3) is 4.50. The molecule has 1 saturated carbocycles. The van der Waals surface area contributed by atoms with Crippen LogP contribution < -0.4 is 9.44 Å². The van der Waals surface area contributed by atoms with Gasteiger partial charge >= 0.3 is 0 Å². The van der Waals surface area contributed by atoms with Gasteiger partial charge in [-0.15, -0.1) is 0 Å². The smallest absolute Gasteiger partial charge is 0.212 e. The molecule has 0 spiro atoms. The first kappa shape index (κ1) is 15.9. The summed E-state index contributed by atoms with van der Waals surface area (Å²) in [5, 5.41) is 8.89. The van der Waals surface area contributed by atoms with E-state index in [4.69, 9.17) is 5.26 Å². The molecule has 114 valence electrons. The van der Waals surface area contributed by atoms with Gasteiger partial charge < -0.3 is 0 Å². The predicted octanol–water partition coefficient (Wildman–Crippen LogP) is -0.0816. The lowest BCUT2D eigenvalue weighted by Gasteiger charge is -2.09. The Morgan fingerprint density at radius 2 is 1.86 bits per heavy atom. The predicted molar refractivity (Wildman–Crippen MR) is 76.3 cm³/mol. The van der Waals surface area contributed by atoms with Crippen LogP contribution in [0, 0.1) is 11.3 Å². The standard InChI is InChI=1S/C12H15N3O4S2/c13-9-10-3-1-2-4-12(10)21(18,19)14-7-8-20(16,17)15-11-5-6-11/h1-4,11,14-15H,5-8H2. The number of sulfonamides is 2. The van der Waals surface area contributed by atoms with Crippen LogP contribution >= 0.6 is 0 Å². The van der Waals surface area contributed by atoms with Crippen LogP contribution in [-0.4, -0.2) is 35.2 Å². The Hall–Kier alpha value is -1.47. The van der Waals surface area contributed by atoms with Gasteiger partial charge in [0.2, 0.25) is 20.0 Å². The van der Waals surface area contributed by atoms with E-state index in [1.54, 1.807) is 12.1 Å². The molecule has 0 amide bonds.